The van der Waals surface area contributed by atoms with Gasteiger partial charge < -0.3 is 15.8 Å². The van der Waals surface area contributed by atoms with Crippen molar-refractivity contribution in [1.29, 1.82) is 0 Å². The molecule has 0 saturated carbocycles. The van der Waals surface area contributed by atoms with Crippen LogP contribution in [0.25, 0.3) is 20.5 Å². The first-order valence-electron chi connectivity index (χ1n) is 8.28. The van der Waals surface area contributed by atoms with E-state index in [0.717, 1.165) is 33.6 Å². The van der Waals surface area contributed by atoms with Crippen LogP contribution in [0, 0.1) is 0 Å². The predicted octanol–water partition coefficient (Wildman–Crippen LogP) is 3.24. The van der Waals surface area contributed by atoms with Gasteiger partial charge in [0, 0.05) is 21.9 Å². The number of halogens is 1. The molecule has 0 spiro atoms. The number of carbonyl (C=O) groups is 1. The number of hydrogen-bond donors (Lipinski definition) is 2. The van der Waals surface area contributed by atoms with E-state index in [9.17, 15) is 4.79 Å². The highest BCUT2D eigenvalue weighted by atomic mass is 35.5. The zero-order valence-electron chi connectivity index (χ0n) is 13.9. The van der Waals surface area contributed by atoms with Gasteiger partial charge in [0.25, 0.3) is 0 Å². The molecule has 6 nitrogen and oxygen atoms in total. The fourth-order valence-electron chi connectivity index (χ4n) is 2.98. The molecular formula is C18H17ClN4O2S. The lowest BCUT2D eigenvalue weighted by Crippen LogP contribution is -2.21. The third-order valence-electron chi connectivity index (χ3n) is 4.26. The van der Waals surface area contributed by atoms with Crippen LogP contribution in [0.15, 0.2) is 30.3 Å². The number of nitrogens with two attached hydrogens (primary N) is 1. The molecular weight excluding hydrogens is 372 g/mol. The van der Waals surface area contributed by atoms with E-state index in [1.165, 1.54) is 0 Å². The summed E-state index contributed by atoms with van der Waals surface area (Å²) in [6.07, 6.45) is 0.997. The van der Waals surface area contributed by atoms with Crippen LogP contribution in [0.2, 0.25) is 5.02 Å². The van der Waals surface area contributed by atoms with Gasteiger partial charge in [0.05, 0.1) is 29.5 Å². The van der Waals surface area contributed by atoms with E-state index < -0.39 is 5.91 Å². The number of aromatic nitrogens is 2. The topological polar surface area (TPSA) is 90.1 Å². The van der Waals surface area contributed by atoms with Crippen LogP contribution in [-0.2, 0) is 16.0 Å². The largest absolute Gasteiger partial charge is 0.379 e. The first-order chi connectivity index (χ1) is 12.6. The van der Waals surface area contributed by atoms with E-state index in [1.54, 1.807) is 11.3 Å². The van der Waals surface area contributed by atoms with Gasteiger partial charge in [-0.25, -0.2) is 0 Å². The number of rotatable bonds is 5. The van der Waals surface area contributed by atoms with Crippen molar-refractivity contribution < 1.29 is 9.53 Å². The maximum Gasteiger partial charge on any atom is 0.223 e. The minimum absolute atomic E-state index is 0.0664. The average Bonchev–Trinajstić information content (AvgIpc) is 3.27. The highest BCUT2D eigenvalue weighted by Crippen LogP contribution is 2.38. The van der Waals surface area contributed by atoms with Crippen LogP contribution < -0.4 is 11.1 Å². The Morgan fingerprint density at radius 3 is 2.85 bits per heavy atom. The van der Waals surface area contributed by atoms with Gasteiger partial charge in [0.15, 0.2) is 5.82 Å². The van der Waals surface area contributed by atoms with Crippen molar-refractivity contribution in [3.8, 4) is 10.4 Å². The van der Waals surface area contributed by atoms with Crippen LogP contribution in [0.5, 0.6) is 0 Å². The normalized spacial score (nSPS) is 16.9. The van der Waals surface area contributed by atoms with Gasteiger partial charge in [-0.15, -0.1) is 16.4 Å². The zero-order valence-corrected chi connectivity index (χ0v) is 15.4. The Kier molecular flexibility index (Phi) is 4.76. The average molecular weight is 389 g/mol. The standard InChI is InChI=1S/C18H17ClN4O2S/c19-11-3-1-10(2-4-11)15-7-13-17(26-15)14(8-16(20)24)22-23-18(13)21-12-5-6-25-9-12/h1-4,7,12H,5-6,8-9H2,(H2,20,24)(H,21,23). The molecule has 26 heavy (non-hydrogen) atoms. The van der Waals surface area contributed by atoms with Crippen molar-refractivity contribution in [2.24, 2.45) is 5.73 Å². The van der Waals surface area contributed by atoms with Crippen LogP contribution in [0.4, 0.5) is 5.82 Å². The SMILES string of the molecule is NC(=O)Cc1nnc(NC2CCOC2)c2cc(-c3ccc(Cl)cc3)sc12. The van der Waals surface area contributed by atoms with Crippen molar-refractivity contribution in [2.45, 2.75) is 18.9 Å². The molecule has 0 aliphatic carbocycles. The van der Waals surface area contributed by atoms with Gasteiger partial charge in [0.1, 0.15) is 0 Å². The van der Waals surface area contributed by atoms with Gasteiger partial charge in [-0.2, -0.15) is 5.10 Å². The molecule has 3 aromatic rings. The molecule has 1 unspecified atom stereocenters. The monoisotopic (exact) mass is 388 g/mol. The summed E-state index contributed by atoms with van der Waals surface area (Å²) in [7, 11) is 0. The second kappa shape index (κ2) is 7.19. The van der Waals surface area contributed by atoms with Crippen molar-refractivity contribution in [1.82, 2.24) is 10.2 Å². The predicted molar refractivity (Wildman–Crippen MR) is 104 cm³/mol. The smallest absolute Gasteiger partial charge is 0.223 e. The lowest BCUT2D eigenvalue weighted by molar-refractivity contribution is -0.117. The Hall–Kier alpha value is -2.22. The molecule has 1 aromatic carbocycles. The number of thiophene rings is 1. The van der Waals surface area contributed by atoms with E-state index >= 15 is 0 Å². The molecule has 1 amide bonds. The Bertz CT molecular complexity index is 952. The number of hydrogen-bond acceptors (Lipinski definition) is 6. The molecule has 1 aliphatic rings. The van der Waals surface area contributed by atoms with Gasteiger partial charge in [-0.05, 0) is 30.2 Å². The lowest BCUT2D eigenvalue weighted by Gasteiger charge is -2.12. The molecule has 3 heterocycles. The summed E-state index contributed by atoms with van der Waals surface area (Å²) in [5.41, 5.74) is 7.03. The second-order valence-electron chi connectivity index (χ2n) is 6.20. The zero-order chi connectivity index (χ0) is 18.1. The molecule has 4 rings (SSSR count). The number of benzene rings is 1. The summed E-state index contributed by atoms with van der Waals surface area (Å²) in [5, 5.41) is 13.6. The Balaban J connectivity index is 1.79. The van der Waals surface area contributed by atoms with Crippen molar-refractivity contribution in [2.75, 3.05) is 18.5 Å². The fraction of sp³-hybridized carbons (Fsp3) is 0.278. The summed E-state index contributed by atoms with van der Waals surface area (Å²) in [4.78, 5) is 12.5. The quantitative estimate of drug-likeness (QED) is 0.700. The first kappa shape index (κ1) is 17.2. The van der Waals surface area contributed by atoms with E-state index in [2.05, 4.69) is 21.6 Å². The number of fused-ring (bicyclic) bond motifs is 1. The Labute approximate surface area is 159 Å². The maximum atomic E-state index is 11.4. The summed E-state index contributed by atoms with van der Waals surface area (Å²) in [6.45, 7) is 1.40. The molecule has 3 N–H and O–H groups in total. The third kappa shape index (κ3) is 3.51. The van der Waals surface area contributed by atoms with Gasteiger partial charge in [-0.1, -0.05) is 23.7 Å². The molecule has 134 valence electrons. The molecule has 1 aliphatic heterocycles. The number of primary amides is 1. The maximum absolute atomic E-state index is 11.4. The fourth-order valence-corrected chi connectivity index (χ4v) is 4.25. The van der Waals surface area contributed by atoms with Gasteiger partial charge >= 0.3 is 0 Å². The van der Waals surface area contributed by atoms with Crippen LogP contribution in [-0.4, -0.2) is 35.4 Å². The van der Waals surface area contributed by atoms with Gasteiger partial charge in [0.2, 0.25) is 5.91 Å². The van der Waals surface area contributed by atoms with E-state index in [4.69, 9.17) is 22.1 Å². The van der Waals surface area contributed by atoms with Crippen molar-refractivity contribution in [3.05, 3.63) is 41.0 Å². The van der Waals surface area contributed by atoms with Crippen LogP contribution in [0.1, 0.15) is 12.1 Å². The molecule has 8 heteroatoms. The molecule has 1 atom stereocenters. The number of ether oxygens (including phenoxy) is 1. The number of amides is 1. The third-order valence-corrected chi connectivity index (χ3v) is 5.75. The summed E-state index contributed by atoms with van der Waals surface area (Å²) in [6, 6.07) is 9.95. The molecule has 0 radical (unpaired) electrons. The number of carbonyl (C=O) groups excluding carboxylic acids is 1. The van der Waals surface area contributed by atoms with Gasteiger partial charge in [-0.3, -0.25) is 4.79 Å². The Morgan fingerprint density at radius 2 is 2.15 bits per heavy atom. The van der Waals surface area contributed by atoms with E-state index in [1.807, 2.05) is 24.3 Å². The van der Waals surface area contributed by atoms with Crippen LogP contribution in [0.3, 0.4) is 0 Å². The highest BCUT2D eigenvalue weighted by molar-refractivity contribution is 7.22. The Morgan fingerprint density at radius 1 is 1.35 bits per heavy atom. The molecule has 1 saturated heterocycles. The summed E-state index contributed by atoms with van der Waals surface area (Å²) in [5.74, 6) is 0.284. The second-order valence-corrected chi connectivity index (χ2v) is 7.69. The summed E-state index contributed by atoms with van der Waals surface area (Å²) >= 11 is 7.56. The van der Waals surface area contributed by atoms with E-state index in [0.29, 0.717) is 23.1 Å². The lowest BCUT2D eigenvalue weighted by atomic mass is 10.1. The number of nitrogens with zero attached hydrogens (tertiary/aromatic N) is 2. The number of anilines is 1. The van der Waals surface area contributed by atoms with Crippen molar-refractivity contribution in [3.63, 3.8) is 0 Å². The minimum Gasteiger partial charge on any atom is -0.379 e. The molecule has 2 aromatic heterocycles. The van der Waals surface area contributed by atoms with Crippen LogP contribution >= 0.6 is 22.9 Å². The summed E-state index contributed by atoms with van der Waals surface area (Å²) < 4.78 is 6.34. The number of nitrogens with one attached hydrogen (secondary N) is 1. The van der Waals surface area contributed by atoms with Crippen molar-refractivity contribution >= 4 is 44.7 Å². The first-order valence-corrected chi connectivity index (χ1v) is 9.47. The molecule has 1 fully saturated rings. The minimum atomic E-state index is -0.424. The highest BCUT2D eigenvalue weighted by Gasteiger charge is 2.20. The molecule has 0 bridgehead atoms. The van der Waals surface area contributed by atoms with E-state index in [-0.39, 0.29) is 12.5 Å².